The normalized spacial score (nSPS) is 12.4. The van der Waals surface area contributed by atoms with Crippen LogP contribution < -0.4 is 11.1 Å². The van der Waals surface area contributed by atoms with Crippen molar-refractivity contribution < 1.29 is 0 Å². The second-order valence-electron chi connectivity index (χ2n) is 4.22. The summed E-state index contributed by atoms with van der Waals surface area (Å²) in [6.07, 6.45) is 0. The summed E-state index contributed by atoms with van der Waals surface area (Å²) in [6, 6.07) is 17.0. The topological polar surface area (TPSA) is 38.0 Å². The van der Waals surface area contributed by atoms with Crippen molar-refractivity contribution in [1.82, 2.24) is 5.32 Å². The van der Waals surface area contributed by atoms with E-state index in [2.05, 4.69) is 63.7 Å². The van der Waals surface area contributed by atoms with Crippen molar-refractivity contribution in [3.63, 3.8) is 0 Å². The lowest BCUT2D eigenvalue weighted by Gasteiger charge is -2.18. The van der Waals surface area contributed by atoms with E-state index in [1.165, 1.54) is 11.1 Å². The molecule has 3 heteroatoms. The third kappa shape index (κ3) is 2.99. The molecule has 0 radical (unpaired) electrons. The highest BCUT2D eigenvalue weighted by molar-refractivity contribution is 9.10. The summed E-state index contributed by atoms with van der Waals surface area (Å²) >= 11 is 3.51. The zero-order chi connectivity index (χ0) is 13.0. The van der Waals surface area contributed by atoms with E-state index in [-0.39, 0.29) is 6.04 Å². The zero-order valence-corrected chi connectivity index (χ0v) is 11.9. The van der Waals surface area contributed by atoms with Gasteiger partial charge in [-0.2, -0.15) is 0 Å². The van der Waals surface area contributed by atoms with E-state index in [1.54, 1.807) is 0 Å². The van der Waals surface area contributed by atoms with Crippen LogP contribution in [0.1, 0.15) is 22.7 Å². The highest BCUT2D eigenvalue weighted by Gasteiger charge is 2.11. The Morgan fingerprint density at radius 2 is 1.83 bits per heavy atom. The maximum atomic E-state index is 5.62. The minimum atomic E-state index is 0.203. The molecule has 1 atom stereocenters. The SMILES string of the molecule is CNC(c1ccc(CN)cc1)c1cccc(Br)c1. The fourth-order valence-electron chi connectivity index (χ4n) is 2.06. The Kier molecular flexibility index (Phi) is 4.53. The maximum absolute atomic E-state index is 5.62. The largest absolute Gasteiger partial charge is 0.326 e. The van der Waals surface area contributed by atoms with Crippen molar-refractivity contribution in [2.24, 2.45) is 5.73 Å². The van der Waals surface area contributed by atoms with Crippen molar-refractivity contribution in [2.75, 3.05) is 7.05 Å². The first kappa shape index (κ1) is 13.3. The summed E-state index contributed by atoms with van der Waals surface area (Å²) in [6.45, 7) is 0.585. The molecule has 0 aromatic heterocycles. The molecule has 0 aliphatic heterocycles. The second-order valence-corrected chi connectivity index (χ2v) is 5.14. The molecule has 2 aromatic carbocycles. The minimum Gasteiger partial charge on any atom is -0.326 e. The maximum Gasteiger partial charge on any atom is 0.0574 e. The van der Waals surface area contributed by atoms with E-state index in [0.29, 0.717) is 6.54 Å². The van der Waals surface area contributed by atoms with Crippen LogP contribution in [0.4, 0.5) is 0 Å². The third-order valence-corrected chi connectivity index (χ3v) is 3.51. The van der Waals surface area contributed by atoms with Crippen LogP contribution in [0.25, 0.3) is 0 Å². The van der Waals surface area contributed by atoms with Gasteiger partial charge in [-0.05, 0) is 35.9 Å². The molecule has 0 heterocycles. The Morgan fingerprint density at radius 1 is 1.11 bits per heavy atom. The Hall–Kier alpha value is -1.16. The van der Waals surface area contributed by atoms with E-state index in [0.717, 1.165) is 10.0 Å². The summed E-state index contributed by atoms with van der Waals surface area (Å²) in [5, 5.41) is 3.35. The summed E-state index contributed by atoms with van der Waals surface area (Å²) in [4.78, 5) is 0. The fourth-order valence-corrected chi connectivity index (χ4v) is 2.48. The predicted molar refractivity (Wildman–Crippen MR) is 79.4 cm³/mol. The molecule has 3 N–H and O–H groups in total. The molecule has 0 spiro atoms. The molecule has 0 bridgehead atoms. The van der Waals surface area contributed by atoms with Gasteiger partial charge in [0.15, 0.2) is 0 Å². The van der Waals surface area contributed by atoms with Gasteiger partial charge in [-0.1, -0.05) is 52.3 Å². The molecule has 1 unspecified atom stereocenters. The molecule has 0 aliphatic carbocycles. The molecule has 0 saturated heterocycles. The Balaban J connectivity index is 2.32. The Labute approximate surface area is 116 Å². The van der Waals surface area contributed by atoms with Crippen LogP contribution in [-0.2, 0) is 6.54 Å². The molecule has 0 fully saturated rings. The lowest BCUT2D eigenvalue weighted by molar-refractivity contribution is 0.691. The average molecular weight is 305 g/mol. The van der Waals surface area contributed by atoms with Crippen LogP contribution in [0.15, 0.2) is 53.0 Å². The van der Waals surface area contributed by atoms with Crippen molar-refractivity contribution in [2.45, 2.75) is 12.6 Å². The highest BCUT2D eigenvalue weighted by atomic mass is 79.9. The van der Waals surface area contributed by atoms with Crippen LogP contribution in [0.2, 0.25) is 0 Å². The monoisotopic (exact) mass is 304 g/mol. The first-order valence-corrected chi connectivity index (χ1v) is 6.75. The molecule has 2 nitrogen and oxygen atoms in total. The van der Waals surface area contributed by atoms with Crippen LogP contribution in [0.3, 0.4) is 0 Å². The van der Waals surface area contributed by atoms with Crippen molar-refractivity contribution in [1.29, 1.82) is 0 Å². The van der Waals surface area contributed by atoms with Crippen LogP contribution >= 0.6 is 15.9 Å². The number of hydrogen-bond donors (Lipinski definition) is 2. The van der Waals surface area contributed by atoms with E-state index < -0.39 is 0 Å². The first-order valence-electron chi connectivity index (χ1n) is 5.96. The number of rotatable bonds is 4. The fraction of sp³-hybridized carbons (Fsp3) is 0.200. The van der Waals surface area contributed by atoms with Crippen molar-refractivity contribution in [3.05, 3.63) is 69.7 Å². The Bertz CT molecular complexity index is 508. The molecule has 0 aliphatic rings. The van der Waals surface area contributed by atoms with E-state index >= 15 is 0 Å². The lowest BCUT2D eigenvalue weighted by atomic mass is 9.98. The molecule has 0 saturated carbocycles. The standard InChI is InChI=1S/C15H17BrN2/c1-18-15(13-3-2-4-14(16)9-13)12-7-5-11(10-17)6-8-12/h2-9,15,18H,10,17H2,1H3. The van der Waals surface area contributed by atoms with Gasteiger partial charge in [0.05, 0.1) is 6.04 Å². The van der Waals surface area contributed by atoms with Crippen molar-refractivity contribution >= 4 is 15.9 Å². The predicted octanol–water partition coefficient (Wildman–Crippen LogP) is 3.22. The van der Waals surface area contributed by atoms with Gasteiger partial charge in [0, 0.05) is 11.0 Å². The number of nitrogens with two attached hydrogens (primary N) is 1. The first-order chi connectivity index (χ1) is 8.74. The van der Waals surface area contributed by atoms with Gasteiger partial charge in [0.1, 0.15) is 0 Å². The summed E-state index contributed by atoms with van der Waals surface area (Å²) in [7, 11) is 1.97. The quantitative estimate of drug-likeness (QED) is 0.910. The highest BCUT2D eigenvalue weighted by Crippen LogP contribution is 2.24. The number of hydrogen-bond acceptors (Lipinski definition) is 2. The van der Waals surface area contributed by atoms with Gasteiger partial charge in [-0.25, -0.2) is 0 Å². The summed E-state index contributed by atoms with van der Waals surface area (Å²) < 4.78 is 1.10. The summed E-state index contributed by atoms with van der Waals surface area (Å²) in [5.41, 5.74) is 9.26. The van der Waals surface area contributed by atoms with Gasteiger partial charge in [-0.3, -0.25) is 0 Å². The smallest absolute Gasteiger partial charge is 0.0574 e. The molecule has 2 rings (SSSR count). The van der Waals surface area contributed by atoms with Gasteiger partial charge in [-0.15, -0.1) is 0 Å². The minimum absolute atomic E-state index is 0.203. The van der Waals surface area contributed by atoms with Crippen LogP contribution in [0, 0.1) is 0 Å². The van der Waals surface area contributed by atoms with Gasteiger partial charge >= 0.3 is 0 Å². The average Bonchev–Trinajstić information content (AvgIpc) is 2.40. The van der Waals surface area contributed by atoms with Crippen LogP contribution in [-0.4, -0.2) is 7.05 Å². The lowest BCUT2D eigenvalue weighted by Crippen LogP contribution is -2.17. The number of benzene rings is 2. The van der Waals surface area contributed by atoms with Crippen molar-refractivity contribution in [3.8, 4) is 0 Å². The van der Waals surface area contributed by atoms with E-state index in [9.17, 15) is 0 Å². The van der Waals surface area contributed by atoms with Crippen LogP contribution in [0.5, 0.6) is 0 Å². The Morgan fingerprint density at radius 3 is 2.39 bits per heavy atom. The van der Waals surface area contributed by atoms with Gasteiger partial charge < -0.3 is 11.1 Å². The number of halogens is 1. The molecule has 2 aromatic rings. The molecule has 94 valence electrons. The third-order valence-electron chi connectivity index (χ3n) is 3.02. The van der Waals surface area contributed by atoms with Gasteiger partial charge in [0.25, 0.3) is 0 Å². The second kappa shape index (κ2) is 6.14. The van der Waals surface area contributed by atoms with E-state index in [1.807, 2.05) is 13.1 Å². The van der Waals surface area contributed by atoms with Gasteiger partial charge in [0.2, 0.25) is 0 Å². The molecule has 18 heavy (non-hydrogen) atoms. The zero-order valence-electron chi connectivity index (χ0n) is 10.4. The molecule has 0 amide bonds. The molecular weight excluding hydrogens is 288 g/mol. The molecular formula is C15H17BrN2. The number of nitrogens with one attached hydrogen (secondary N) is 1. The summed E-state index contributed by atoms with van der Waals surface area (Å²) in [5.74, 6) is 0. The van der Waals surface area contributed by atoms with E-state index in [4.69, 9.17) is 5.73 Å².